The summed E-state index contributed by atoms with van der Waals surface area (Å²) in [6.45, 7) is 4.52. The Balaban J connectivity index is 1.66. The van der Waals surface area contributed by atoms with Gasteiger partial charge < -0.3 is 5.32 Å². The summed E-state index contributed by atoms with van der Waals surface area (Å²) in [5.41, 5.74) is -0.364. The fraction of sp³-hybridized carbons (Fsp3) is 0.350. The molecule has 4 rings (SSSR count). The Morgan fingerprint density at radius 1 is 1.11 bits per heavy atom. The number of amides is 3. The summed E-state index contributed by atoms with van der Waals surface area (Å²) in [6, 6.07) is 13.2. The molecule has 3 amide bonds. The van der Waals surface area contributed by atoms with Crippen LogP contribution in [0.5, 0.6) is 0 Å². The minimum Gasteiger partial charge on any atom is -0.319 e. The van der Waals surface area contributed by atoms with Crippen LogP contribution in [0.3, 0.4) is 0 Å². The van der Waals surface area contributed by atoms with E-state index < -0.39 is 11.6 Å². The zero-order valence-corrected chi connectivity index (χ0v) is 15.9. The summed E-state index contributed by atoms with van der Waals surface area (Å²) in [4.78, 5) is 27.2. The van der Waals surface area contributed by atoms with Gasteiger partial charge in [0.1, 0.15) is 5.54 Å². The van der Waals surface area contributed by atoms with Gasteiger partial charge in [0.2, 0.25) is 0 Å². The molecule has 2 heterocycles. The quantitative estimate of drug-likeness (QED) is 0.666. The van der Waals surface area contributed by atoms with Gasteiger partial charge in [0.25, 0.3) is 5.91 Å². The molecule has 1 N–H and O–H groups in total. The fourth-order valence-electron chi connectivity index (χ4n) is 3.64. The topological polar surface area (TPSA) is 93.0 Å². The molecule has 1 atom stereocenters. The number of tetrazole rings is 1. The van der Waals surface area contributed by atoms with Crippen LogP contribution in [0.25, 0.3) is 10.8 Å². The van der Waals surface area contributed by atoms with E-state index >= 15 is 0 Å². The Morgan fingerprint density at radius 2 is 1.89 bits per heavy atom. The first-order valence-corrected chi connectivity index (χ1v) is 9.42. The Bertz CT molecular complexity index is 1040. The van der Waals surface area contributed by atoms with Crippen LogP contribution in [0, 0.1) is 0 Å². The molecule has 1 aromatic heterocycles. The molecule has 1 fully saturated rings. The monoisotopic (exact) mass is 378 g/mol. The van der Waals surface area contributed by atoms with Crippen molar-refractivity contribution in [2.45, 2.75) is 45.3 Å². The zero-order chi connectivity index (χ0) is 19.7. The molecule has 1 aliphatic heterocycles. The number of nitrogens with one attached hydrogen (secondary N) is 1. The van der Waals surface area contributed by atoms with Crippen LogP contribution in [0.15, 0.2) is 42.5 Å². The third-order valence-corrected chi connectivity index (χ3v) is 5.23. The Kier molecular flexibility index (Phi) is 4.54. The highest BCUT2D eigenvalue weighted by molar-refractivity contribution is 6.09. The number of fused-ring (bicyclic) bond motifs is 1. The second-order valence-corrected chi connectivity index (χ2v) is 7.14. The van der Waals surface area contributed by atoms with Crippen LogP contribution in [0.4, 0.5) is 4.79 Å². The van der Waals surface area contributed by atoms with Crippen LogP contribution in [0.2, 0.25) is 0 Å². The van der Waals surface area contributed by atoms with E-state index in [2.05, 4.69) is 27.8 Å². The molecular weight excluding hydrogens is 356 g/mol. The van der Waals surface area contributed by atoms with Crippen molar-refractivity contribution >= 4 is 22.7 Å². The first-order chi connectivity index (χ1) is 13.5. The number of carbonyl (C=O) groups is 2. The molecule has 8 nitrogen and oxygen atoms in total. The van der Waals surface area contributed by atoms with E-state index in [9.17, 15) is 9.59 Å². The predicted octanol–water partition coefficient (Wildman–Crippen LogP) is 2.59. The van der Waals surface area contributed by atoms with Crippen LogP contribution >= 0.6 is 0 Å². The molecule has 3 aromatic rings. The number of unbranched alkanes of at least 4 members (excludes halogenated alkanes) is 1. The molecule has 0 bridgehead atoms. The number of imide groups is 1. The van der Waals surface area contributed by atoms with E-state index in [4.69, 9.17) is 0 Å². The van der Waals surface area contributed by atoms with Crippen molar-refractivity contribution in [1.82, 2.24) is 30.4 Å². The average molecular weight is 378 g/mol. The van der Waals surface area contributed by atoms with Crippen molar-refractivity contribution in [2.24, 2.45) is 0 Å². The van der Waals surface area contributed by atoms with E-state index in [0.29, 0.717) is 12.4 Å². The maximum absolute atomic E-state index is 13.3. The Hall–Kier alpha value is -3.29. The fourth-order valence-corrected chi connectivity index (χ4v) is 3.64. The highest BCUT2D eigenvalue weighted by Gasteiger charge is 2.49. The number of aromatic nitrogens is 4. The first-order valence-electron chi connectivity index (χ1n) is 9.42. The molecule has 0 unspecified atom stereocenters. The van der Waals surface area contributed by atoms with E-state index in [1.165, 1.54) is 4.90 Å². The average Bonchev–Trinajstić information content (AvgIpc) is 3.24. The first kappa shape index (κ1) is 18.1. The molecule has 28 heavy (non-hydrogen) atoms. The van der Waals surface area contributed by atoms with Gasteiger partial charge in [-0.2, -0.15) is 0 Å². The Labute approximate surface area is 162 Å². The van der Waals surface area contributed by atoms with Crippen molar-refractivity contribution in [1.29, 1.82) is 0 Å². The minimum absolute atomic E-state index is 0.0434. The van der Waals surface area contributed by atoms with Gasteiger partial charge in [0.05, 0.1) is 6.54 Å². The summed E-state index contributed by atoms with van der Waals surface area (Å²) >= 11 is 0. The molecule has 8 heteroatoms. The number of hydrogen-bond acceptors (Lipinski definition) is 5. The lowest BCUT2D eigenvalue weighted by Gasteiger charge is -2.24. The molecule has 2 aromatic carbocycles. The normalized spacial score (nSPS) is 19.4. The van der Waals surface area contributed by atoms with Crippen molar-refractivity contribution < 1.29 is 9.59 Å². The zero-order valence-electron chi connectivity index (χ0n) is 15.9. The summed E-state index contributed by atoms with van der Waals surface area (Å²) in [5.74, 6) is 0.193. The highest BCUT2D eigenvalue weighted by atomic mass is 16.2. The number of aryl methyl sites for hydroxylation is 1. The largest absolute Gasteiger partial charge is 0.325 e. The van der Waals surface area contributed by atoms with Crippen molar-refractivity contribution in [3.8, 4) is 0 Å². The predicted molar refractivity (Wildman–Crippen MR) is 103 cm³/mol. The van der Waals surface area contributed by atoms with Gasteiger partial charge in [0, 0.05) is 6.54 Å². The molecule has 1 aliphatic rings. The highest BCUT2D eigenvalue weighted by Crippen LogP contribution is 2.34. The number of rotatable bonds is 6. The number of nitrogens with zero attached hydrogens (tertiary/aromatic N) is 5. The second kappa shape index (κ2) is 7.03. The molecule has 0 radical (unpaired) electrons. The summed E-state index contributed by atoms with van der Waals surface area (Å²) in [6.07, 6.45) is 1.92. The van der Waals surface area contributed by atoms with Gasteiger partial charge >= 0.3 is 6.03 Å². The lowest BCUT2D eigenvalue weighted by Crippen LogP contribution is -2.41. The van der Waals surface area contributed by atoms with Crippen LogP contribution in [-0.4, -0.2) is 37.0 Å². The van der Waals surface area contributed by atoms with E-state index in [0.717, 1.165) is 29.2 Å². The SMILES string of the molecule is CCCCn1nnnc1CN1C(=O)N[C@@](C)(c2cccc3ccccc23)C1=O. The molecule has 0 saturated carbocycles. The van der Waals surface area contributed by atoms with Gasteiger partial charge in [-0.15, -0.1) is 5.10 Å². The third kappa shape index (κ3) is 2.90. The summed E-state index contributed by atoms with van der Waals surface area (Å²) in [7, 11) is 0. The number of benzene rings is 2. The Morgan fingerprint density at radius 3 is 2.71 bits per heavy atom. The van der Waals surface area contributed by atoms with Gasteiger partial charge in [-0.25, -0.2) is 9.48 Å². The minimum atomic E-state index is -1.14. The molecule has 0 aliphatic carbocycles. The van der Waals surface area contributed by atoms with E-state index in [-0.39, 0.29) is 12.5 Å². The lowest BCUT2D eigenvalue weighted by atomic mass is 9.88. The number of urea groups is 1. The van der Waals surface area contributed by atoms with Crippen LogP contribution in [-0.2, 0) is 23.4 Å². The number of hydrogen-bond donors (Lipinski definition) is 1. The van der Waals surface area contributed by atoms with E-state index in [1.807, 2.05) is 42.5 Å². The molecule has 144 valence electrons. The molecule has 1 saturated heterocycles. The number of carbonyl (C=O) groups excluding carboxylic acids is 2. The van der Waals surface area contributed by atoms with E-state index in [1.54, 1.807) is 11.6 Å². The lowest BCUT2D eigenvalue weighted by molar-refractivity contribution is -0.131. The summed E-state index contributed by atoms with van der Waals surface area (Å²) in [5, 5.41) is 16.5. The van der Waals surface area contributed by atoms with Crippen LogP contribution in [0.1, 0.15) is 38.1 Å². The van der Waals surface area contributed by atoms with Crippen molar-refractivity contribution in [3.05, 3.63) is 53.9 Å². The van der Waals surface area contributed by atoms with Gasteiger partial charge in [-0.3, -0.25) is 9.69 Å². The second-order valence-electron chi connectivity index (χ2n) is 7.14. The maximum atomic E-state index is 13.3. The smallest absolute Gasteiger partial charge is 0.319 e. The summed E-state index contributed by atoms with van der Waals surface area (Å²) < 4.78 is 1.65. The van der Waals surface area contributed by atoms with Gasteiger partial charge in [-0.05, 0) is 40.1 Å². The molecule has 0 spiro atoms. The third-order valence-electron chi connectivity index (χ3n) is 5.23. The van der Waals surface area contributed by atoms with Gasteiger partial charge in [-0.1, -0.05) is 55.8 Å². The maximum Gasteiger partial charge on any atom is 0.325 e. The van der Waals surface area contributed by atoms with Crippen molar-refractivity contribution in [2.75, 3.05) is 0 Å². The van der Waals surface area contributed by atoms with Crippen molar-refractivity contribution in [3.63, 3.8) is 0 Å². The molecular formula is C20H22N6O2. The standard InChI is InChI=1S/C20H22N6O2/c1-3-4-12-26-17(22-23-24-26)13-25-18(27)20(2,21-19(25)28)16-11-7-9-14-8-5-6-10-15(14)16/h5-11H,3-4,12-13H2,1-2H3,(H,21,28)/t20-/m0/s1. The van der Waals surface area contributed by atoms with Crippen LogP contribution < -0.4 is 5.32 Å². The van der Waals surface area contributed by atoms with Gasteiger partial charge in [0.15, 0.2) is 5.82 Å².